The van der Waals surface area contributed by atoms with E-state index in [0.717, 1.165) is 12.5 Å². The first kappa shape index (κ1) is 16.0. The summed E-state index contributed by atoms with van der Waals surface area (Å²) in [5, 5.41) is 6.52. The van der Waals surface area contributed by atoms with Gasteiger partial charge in [0, 0.05) is 38.6 Å². The van der Waals surface area contributed by atoms with E-state index in [2.05, 4.69) is 15.6 Å². The van der Waals surface area contributed by atoms with E-state index in [4.69, 9.17) is 0 Å². The third-order valence-electron chi connectivity index (χ3n) is 3.09. The average molecular weight is 388 g/mol. The van der Waals surface area contributed by atoms with E-state index in [1.807, 2.05) is 0 Å². The number of nitrogens with zero attached hydrogens (tertiary/aromatic N) is 2. The molecule has 0 aromatic rings. The van der Waals surface area contributed by atoms with Gasteiger partial charge in [-0.15, -0.1) is 24.0 Å². The van der Waals surface area contributed by atoms with Gasteiger partial charge in [-0.25, -0.2) is 12.7 Å². The van der Waals surface area contributed by atoms with Gasteiger partial charge in [0.25, 0.3) is 0 Å². The van der Waals surface area contributed by atoms with E-state index in [0.29, 0.717) is 25.0 Å². The Bertz CT molecular complexity index is 402. The van der Waals surface area contributed by atoms with Crippen molar-refractivity contribution in [3.8, 4) is 0 Å². The molecule has 1 saturated heterocycles. The van der Waals surface area contributed by atoms with Crippen LogP contribution in [0.15, 0.2) is 4.99 Å². The van der Waals surface area contributed by atoms with E-state index >= 15 is 0 Å². The first-order valence-corrected chi connectivity index (χ1v) is 7.76. The molecule has 2 fully saturated rings. The topological polar surface area (TPSA) is 73.8 Å². The van der Waals surface area contributed by atoms with Crippen LogP contribution < -0.4 is 10.6 Å². The van der Waals surface area contributed by atoms with E-state index in [1.165, 1.54) is 23.4 Å². The largest absolute Gasteiger partial charge is 0.356 e. The van der Waals surface area contributed by atoms with Gasteiger partial charge in [0.15, 0.2) is 5.96 Å². The van der Waals surface area contributed by atoms with Gasteiger partial charge in [0.2, 0.25) is 10.0 Å². The third kappa shape index (κ3) is 4.54. The minimum atomic E-state index is -2.99. The molecule has 0 spiro atoms. The van der Waals surface area contributed by atoms with Crippen molar-refractivity contribution in [2.24, 2.45) is 10.9 Å². The van der Waals surface area contributed by atoms with Crippen molar-refractivity contribution >= 4 is 40.0 Å². The van der Waals surface area contributed by atoms with Crippen LogP contribution in [-0.4, -0.2) is 57.7 Å². The summed E-state index contributed by atoms with van der Waals surface area (Å²) < 4.78 is 23.8. The molecule has 2 rings (SSSR count). The summed E-state index contributed by atoms with van der Waals surface area (Å²) >= 11 is 0. The molecule has 1 saturated carbocycles. The monoisotopic (exact) mass is 388 g/mol. The molecule has 2 aliphatic rings. The van der Waals surface area contributed by atoms with Gasteiger partial charge in [-0.3, -0.25) is 4.99 Å². The summed E-state index contributed by atoms with van der Waals surface area (Å²) in [4.78, 5) is 4.13. The van der Waals surface area contributed by atoms with Gasteiger partial charge >= 0.3 is 0 Å². The maximum absolute atomic E-state index is 11.2. The predicted molar refractivity (Wildman–Crippen MR) is 82.8 cm³/mol. The van der Waals surface area contributed by atoms with Crippen molar-refractivity contribution in [2.45, 2.75) is 18.9 Å². The molecule has 18 heavy (non-hydrogen) atoms. The molecule has 0 unspecified atom stereocenters. The van der Waals surface area contributed by atoms with Gasteiger partial charge in [0.05, 0.1) is 6.26 Å². The normalized spacial score (nSPS) is 22.0. The molecule has 106 valence electrons. The zero-order valence-corrected chi connectivity index (χ0v) is 13.9. The number of halogens is 1. The summed E-state index contributed by atoms with van der Waals surface area (Å²) in [6, 6.07) is 0.579. The van der Waals surface area contributed by atoms with Crippen molar-refractivity contribution in [3.63, 3.8) is 0 Å². The minimum Gasteiger partial charge on any atom is -0.356 e. The Hall–Kier alpha value is -0.0900. The van der Waals surface area contributed by atoms with E-state index in [9.17, 15) is 8.42 Å². The maximum Gasteiger partial charge on any atom is 0.211 e. The Balaban J connectivity index is 0.00000162. The Morgan fingerprint density at radius 2 is 2.00 bits per heavy atom. The lowest BCUT2D eigenvalue weighted by Gasteiger charge is -2.37. The molecule has 0 atom stereocenters. The molecule has 1 aliphatic heterocycles. The van der Waals surface area contributed by atoms with Gasteiger partial charge in [-0.2, -0.15) is 0 Å². The van der Waals surface area contributed by atoms with Crippen LogP contribution in [0.5, 0.6) is 0 Å². The Kier molecular flexibility index (Phi) is 5.66. The van der Waals surface area contributed by atoms with E-state index in [1.54, 1.807) is 7.05 Å². The molecular weight excluding hydrogens is 367 g/mol. The smallest absolute Gasteiger partial charge is 0.211 e. The molecule has 0 radical (unpaired) electrons. The van der Waals surface area contributed by atoms with Gasteiger partial charge < -0.3 is 10.6 Å². The van der Waals surface area contributed by atoms with Crippen LogP contribution in [0.4, 0.5) is 0 Å². The fourth-order valence-electron chi connectivity index (χ4n) is 1.78. The molecule has 1 heterocycles. The highest BCUT2D eigenvalue weighted by Gasteiger charge is 2.33. The Morgan fingerprint density at radius 3 is 2.44 bits per heavy atom. The second-order valence-electron chi connectivity index (χ2n) is 4.82. The molecule has 0 aromatic carbocycles. The van der Waals surface area contributed by atoms with Crippen LogP contribution in [-0.2, 0) is 10.0 Å². The second-order valence-corrected chi connectivity index (χ2v) is 6.80. The third-order valence-corrected chi connectivity index (χ3v) is 4.33. The summed E-state index contributed by atoms with van der Waals surface area (Å²) in [7, 11) is -1.24. The molecule has 0 amide bonds. The van der Waals surface area contributed by atoms with Crippen molar-refractivity contribution in [2.75, 3.05) is 32.9 Å². The molecule has 6 nitrogen and oxygen atoms in total. The number of aliphatic imine (C=N–C) groups is 1. The zero-order valence-electron chi connectivity index (χ0n) is 10.7. The molecule has 0 aromatic heterocycles. The highest BCUT2D eigenvalue weighted by Crippen LogP contribution is 2.19. The number of rotatable bonds is 4. The fourth-order valence-corrected chi connectivity index (χ4v) is 2.74. The van der Waals surface area contributed by atoms with E-state index in [-0.39, 0.29) is 24.0 Å². The van der Waals surface area contributed by atoms with Gasteiger partial charge in [-0.05, 0) is 12.8 Å². The van der Waals surface area contributed by atoms with Crippen molar-refractivity contribution in [1.29, 1.82) is 0 Å². The van der Waals surface area contributed by atoms with Gasteiger partial charge in [0.1, 0.15) is 0 Å². The fraction of sp³-hybridized carbons (Fsp3) is 0.900. The number of guanidine groups is 1. The summed E-state index contributed by atoms with van der Waals surface area (Å²) in [5.41, 5.74) is 0. The maximum atomic E-state index is 11.2. The molecular formula is C10H21IN4O2S. The highest BCUT2D eigenvalue weighted by molar-refractivity contribution is 14.0. The van der Waals surface area contributed by atoms with Crippen LogP contribution in [0.3, 0.4) is 0 Å². The van der Waals surface area contributed by atoms with Crippen molar-refractivity contribution in [1.82, 2.24) is 14.9 Å². The quantitative estimate of drug-likeness (QED) is 0.398. The SMILES string of the molecule is CN=C(NCC1CN(S(C)(=O)=O)C1)NC1CC1.I. The summed E-state index contributed by atoms with van der Waals surface area (Å²) in [6.07, 6.45) is 3.68. The lowest BCUT2D eigenvalue weighted by molar-refractivity contribution is 0.203. The number of hydrogen-bond donors (Lipinski definition) is 2. The summed E-state index contributed by atoms with van der Waals surface area (Å²) in [5.74, 6) is 1.22. The highest BCUT2D eigenvalue weighted by atomic mass is 127. The number of sulfonamides is 1. The Labute approximate surface area is 126 Å². The molecule has 0 bridgehead atoms. The number of nitrogens with one attached hydrogen (secondary N) is 2. The molecule has 1 aliphatic carbocycles. The van der Waals surface area contributed by atoms with Crippen LogP contribution in [0.25, 0.3) is 0 Å². The lowest BCUT2D eigenvalue weighted by atomic mass is 10.0. The minimum absolute atomic E-state index is 0. The van der Waals surface area contributed by atoms with E-state index < -0.39 is 10.0 Å². The molecule has 8 heteroatoms. The lowest BCUT2D eigenvalue weighted by Crippen LogP contribution is -2.54. The van der Waals surface area contributed by atoms with Gasteiger partial charge in [-0.1, -0.05) is 0 Å². The number of hydrogen-bond acceptors (Lipinski definition) is 3. The predicted octanol–water partition coefficient (Wildman–Crippen LogP) is -0.177. The standard InChI is InChI=1S/C10H20N4O2S.HI/c1-11-10(13-9-3-4-9)12-5-8-6-14(7-8)17(2,15)16;/h8-9H,3-7H2,1-2H3,(H2,11,12,13);1H. The van der Waals surface area contributed by atoms with Crippen molar-refractivity contribution < 1.29 is 8.42 Å². The first-order valence-electron chi connectivity index (χ1n) is 5.91. The van der Waals surface area contributed by atoms with Crippen LogP contribution in [0, 0.1) is 5.92 Å². The second kappa shape index (κ2) is 6.38. The van der Waals surface area contributed by atoms with Crippen molar-refractivity contribution in [3.05, 3.63) is 0 Å². The Morgan fingerprint density at radius 1 is 1.39 bits per heavy atom. The molecule has 2 N–H and O–H groups in total. The summed E-state index contributed by atoms with van der Waals surface area (Å²) in [6.45, 7) is 2.01. The van der Waals surface area contributed by atoms with Crippen LogP contribution in [0.2, 0.25) is 0 Å². The first-order chi connectivity index (χ1) is 7.99. The zero-order chi connectivity index (χ0) is 12.5. The average Bonchev–Trinajstić information content (AvgIpc) is 2.95. The van der Waals surface area contributed by atoms with Crippen LogP contribution >= 0.6 is 24.0 Å². The van der Waals surface area contributed by atoms with Crippen LogP contribution in [0.1, 0.15) is 12.8 Å².